The summed E-state index contributed by atoms with van der Waals surface area (Å²) in [4.78, 5) is 36.3. The van der Waals surface area contributed by atoms with Crippen LogP contribution in [-0.2, 0) is 20.9 Å². The Morgan fingerprint density at radius 3 is 2.60 bits per heavy atom. The fourth-order valence-electron chi connectivity index (χ4n) is 1.93. The number of carbonyl (C=O) groups excluding carboxylic acids is 3. The Kier molecular flexibility index (Phi) is 6.97. The lowest BCUT2D eigenvalue weighted by Gasteiger charge is -2.09. The third-order valence-electron chi connectivity index (χ3n) is 3.15. The SMILES string of the molecule is COc1ccccc1C(=O)NCC(=O)OCC(=O)NCc1cccs1. The molecule has 2 rings (SSSR count). The summed E-state index contributed by atoms with van der Waals surface area (Å²) < 4.78 is 9.90. The van der Waals surface area contributed by atoms with Gasteiger partial charge >= 0.3 is 5.97 Å². The number of para-hydroxylation sites is 1. The van der Waals surface area contributed by atoms with E-state index in [2.05, 4.69) is 10.6 Å². The Balaban J connectivity index is 1.69. The second kappa shape index (κ2) is 9.43. The number of methoxy groups -OCH3 is 1. The van der Waals surface area contributed by atoms with Crippen LogP contribution in [0.2, 0.25) is 0 Å². The molecule has 1 heterocycles. The molecule has 2 aromatic rings. The van der Waals surface area contributed by atoms with Gasteiger partial charge in [-0.1, -0.05) is 18.2 Å². The van der Waals surface area contributed by atoms with Crippen LogP contribution >= 0.6 is 11.3 Å². The molecule has 1 aromatic carbocycles. The molecule has 2 N–H and O–H groups in total. The Hall–Kier alpha value is -2.87. The van der Waals surface area contributed by atoms with Gasteiger partial charge in [0, 0.05) is 4.88 Å². The van der Waals surface area contributed by atoms with Crippen LogP contribution in [-0.4, -0.2) is 38.0 Å². The summed E-state index contributed by atoms with van der Waals surface area (Å²) in [7, 11) is 1.45. The van der Waals surface area contributed by atoms with Crippen molar-refractivity contribution in [2.24, 2.45) is 0 Å². The van der Waals surface area contributed by atoms with Gasteiger partial charge in [0.25, 0.3) is 11.8 Å². The molecule has 0 atom stereocenters. The van der Waals surface area contributed by atoms with Crippen LogP contribution in [0.4, 0.5) is 0 Å². The van der Waals surface area contributed by atoms with Crippen LogP contribution in [0, 0.1) is 0 Å². The first-order valence-corrected chi connectivity index (χ1v) is 8.34. The number of amides is 2. The van der Waals surface area contributed by atoms with E-state index in [1.807, 2.05) is 17.5 Å². The highest BCUT2D eigenvalue weighted by atomic mass is 32.1. The molecule has 0 bridgehead atoms. The van der Waals surface area contributed by atoms with Crippen molar-refractivity contribution in [3.63, 3.8) is 0 Å². The van der Waals surface area contributed by atoms with Crippen molar-refractivity contribution in [1.29, 1.82) is 0 Å². The minimum Gasteiger partial charge on any atom is -0.496 e. The quantitative estimate of drug-likeness (QED) is 0.692. The standard InChI is InChI=1S/C17H18N2O5S/c1-23-14-7-3-2-6-13(14)17(22)19-10-16(21)24-11-15(20)18-9-12-5-4-8-25-12/h2-8H,9-11H2,1H3,(H,18,20)(H,19,22). The molecular formula is C17H18N2O5S. The Morgan fingerprint density at radius 2 is 1.88 bits per heavy atom. The zero-order valence-corrected chi connectivity index (χ0v) is 14.4. The minimum atomic E-state index is -0.700. The van der Waals surface area contributed by atoms with E-state index in [1.165, 1.54) is 18.4 Å². The van der Waals surface area contributed by atoms with Gasteiger partial charge in [0.1, 0.15) is 12.3 Å². The van der Waals surface area contributed by atoms with E-state index in [-0.39, 0.29) is 6.54 Å². The van der Waals surface area contributed by atoms with E-state index < -0.39 is 24.4 Å². The Bertz CT molecular complexity index is 730. The molecular weight excluding hydrogens is 344 g/mol. The average Bonchev–Trinajstić information content (AvgIpc) is 3.16. The van der Waals surface area contributed by atoms with Gasteiger partial charge < -0.3 is 20.1 Å². The fraction of sp³-hybridized carbons (Fsp3) is 0.235. The zero-order valence-electron chi connectivity index (χ0n) is 13.6. The molecule has 132 valence electrons. The van der Waals surface area contributed by atoms with E-state index in [4.69, 9.17) is 9.47 Å². The van der Waals surface area contributed by atoms with Gasteiger partial charge in [-0.2, -0.15) is 0 Å². The number of hydrogen-bond acceptors (Lipinski definition) is 6. The van der Waals surface area contributed by atoms with Crippen LogP contribution in [0.5, 0.6) is 5.75 Å². The normalized spacial score (nSPS) is 9.96. The monoisotopic (exact) mass is 362 g/mol. The minimum absolute atomic E-state index is 0.312. The van der Waals surface area contributed by atoms with Crippen molar-refractivity contribution >= 4 is 29.1 Å². The van der Waals surface area contributed by atoms with Crippen molar-refractivity contribution < 1.29 is 23.9 Å². The number of rotatable bonds is 8. The first-order chi connectivity index (χ1) is 12.1. The van der Waals surface area contributed by atoms with Gasteiger partial charge in [0.2, 0.25) is 0 Å². The van der Waals surface area contributed by atoms with Gasteiger partial charge in [-0.3, -0.25) is 14.4 Å². The number of nitrogens with one attached hydrogen (secondary N) is 2. The van der Waals surface area contributed by atoms with E-state index >= 15 is 0 Å². The molecule has 1 aromatic heterocycles. The number of benzene rings is 1. The summed E-state index contributed by atoms with van der Waals surface area (Å²) in [6.07, 6.45) is 0. The van der Waals surface area contributed by atoms with Crippen molar-refractivity contribution in [1.82, 2.24) is 10.6 Å². The van der Waals surface area contributed by atoms with Crippen LogP contribution in [0.15, 0.2) is 41.8 Å². The van der Waals surface area contributed by atoms with Crippen molar-refractivity contribution in [2.45, 2.75) is 6.54 Å². The van der Waals surface area contributed by atoms with Crippen molar-refractivity contribution in [3.8, 4) is 5.75 Å². The molecule has 0 unspecified atom stereocenters. The van der Waals surface area contributed by atoms with Crippen molar-refractivity contribution in [2.75, 3.05) is 20.3 Å². The smallest absolute Gasteiger partial charge is 0.325 e. The van der Waals surface area contributed by atoms with Gasteiger partial charge in [0.05, 0.1) is 19.2 Å². The van der Waals surface area contributed by atoms with E-state index in [0.717, 1.165) is 4.88 Å². The molecule has 0 saturated heterocycles. The molecule has 0 aliphatic heterocycles. The molecule has 0 spiro atoms. The summed E-state index contributed by atoms with van der Waals surface area (Å²) in [5.41, 5.74) is 0.312. The molecule has 0 aliphatic carbocycles. The van der Waals surface area contributed by atoms with Crippen LogP contribution in [0.25, 0.3) is 0 Å². The maximum absolute atomic E-state index is 12.0. The Labute approximate surface area is 148 Å². The maximum Gasteiger partial charge on any atom is 0.325 e. The first kappa shape index (κ1) is 18.5. The molecule has 0 saturated carbocycles. The predicted octanol–water partition coefficient (Wildman–Crippen LogP) is 1.35. The largest absolute Gasteiger partial charge is 0.496 e. The number of hydrogen-bond donors (Lipinski definition) is 2. The number of ether oxygens (including phenoxy) is 2. The summed E-state index contributed by atoms with van der Waals surface area (Å²) >= 11 is 1.52. The van der Waals surface area contributed by atoms with Gasteiger partial charge in [0.15, 0.2) is 6.61 Å². The van der Waals surface area contributed by atoms with E-state index in [0.29, 0.717) is 17.9 Å². The van der Waals surface area contributed by atoms with E-state index in [9.17, 15) is 14.4 Å². The highest BCUT2D eigenvalue weighted by molar-refractivity contribution is 7.09. The summed E-state index contributed by atoms with van der Waals surface area (Å²) in [6, 6.07) is 10.4. The zero-order chi connectivity index (χ0) is 18.1. The Morgan fingerprint density at radius 1 is 1.08 bits per heavy atom. The lowest BCUT2D eigenvalue weighted by molar-refractivity contribution is -0.147. The molecule has 25 heavy (non-hydrogen) atoms. The van der Waals surface area contributed by atoms with Crippen LogP contribution in [0.1, 0.15) is 15.2 Å². The van der Waals surface area contributed by atoms with Gasteiger partial charge in [-0.15, -0.1) is 11.3 Å². The highest BCUT2D eigenvalue weighted by Crippen LogP contribution is 2.16. The number of carbonyl (C=O) groups is 3. The third-order valence-corrected chi connectivity index (χ3v) is 4.03. The number of thiophene rings is 1. The molecule has 8 heteroatoms. The molecule has 2 amide bonds. The van der Waals surface area contributed by atoms with E-state index in [1.54, 1.807) is 24.3 Å². The van der Waals surface area contributed by atoms with Crippen molar-refractivity contribution in [3.05, 3.63) is 52.2 Å². The molecule has 0 aliphatic rings. The van der Waals surface area contributed by atoms with Crippen LogP contribution < -0.4 is 15.4 Å². The molecule has 0 fully saturated rings. The van der Waals surface area contributed by atoms with Crippen LogP contribution in [0.3, 0.4) is 0 Å². The predicted molar refractivity (Wildman–Crippen MR) is 92.5 cm³/mol. The summed E-state index contributed by atoms with van der Waals surface area (Å²) in [5, 5.41) is 6.97. The van der Waals surface area contributed by atoms with Gasteiger partial charge in [-0.25, -0.2) is 0 Å². The fourth-order valence-corrected chi connectivity index (χ4v) is 2.57. The van der Waals surface area contributed by atoms with Gasteiger partial charge in [-0.05, 0) is 23.6 Å². The topological polar surface area (TPSA) is 93.7 Å². The number of esters is 1. The third kappa shape index (κ3) is 5.92. The second-order valence-electron chi connectivity index (χ2n) is 4.90. The summed E-state index contributed by atoms with van der Waals surface area (Å²) in [5.74, 6) is -1.16. The molecule has 0 radical (unpaired) electrons. The molecule has 7 nitrogen and oxygen atoms in total. The second-order valence-corrected chi connectivity index (χ2v) is 5.93. The highest BCUT2D eigenvalue weighted by Gasteiger charge is 2.14. The lowest BCUT2D eigenvalue weighted by atomic mass is 10.2. The average molecular weight is 362 g/mol. The lowest BCUT2D eigenvalue weighted by Crippen LogP contribution is -2.33. The maximum atomic E-state index is 12.0. The summed E-state index contributed by atoms with van der Waals surface area (Å²) in [6.45, 7) is -0.345. The first-order valence-electron chi connectivity index (χ1n) is 7.46.